The predicted molar refractivity (Wildman–Crippen MR) is 81.7 cm³/mol. The molecule has 2 rings (SSSR count). The highest BCUT2D eigenvalue weighted by Crippen LogP contribution is 2.32. The number of benzene rings is 1. The third-order valence-electron chi connectivity index (χ3n) is 3.27. The minimum absolute atomic E-state index is 0.0934. The molecule has 0 spiro atoms. The summed E-state index contributed by atoms with van der Waals surface area (Å²) in [5.41, 5.74) is 1.07. The average Bonchev–Trinajstić information content (AvgIpc) is 2.75. The summed E-state index contributed by atoms with van der Waals surface area (Å²) in [4.78, 5) is 11.5. The summed E-state index contributed by atoms with van der Waals surface area (Å²) in [7, 11) is 0. The van der Waals surface area contributed by atoms with E-state index in [0.717, 1.165) is 36.4 Å². The first-order chi connectivity index (χ1) is 10.3. The van der Waals surface area contributed by atoms with Crippen molar-refractivity contribution in [1.29, 1.82) is 0 Å². The standard InChI is InChI=1S/C16H24N2O3/c1-2-8-18-15(19)7-9-17-12-13-5-3-6-14-16(13)21-11-4-10-20-14/h3,5-6,17H,2,4,7-12H2,1H3,(H,18,19). The summed E-state index contributed by atoms with van der Waals surface area (Å²) in [6, 6.07) is 5.93. The fraction of sp³-hybridized carbons (Fsp3) is 0.562. The van der Waals surface area contributed by atoms with E-state index in [4.69, 9.17) is 9.47 Å². The van der Waals surface area contributed by atoms with E-state index in [2.05, 4.69) is 10.6 Å². The molecule has 0 unspecified atom stereocenters. The fourth-order valence-electron chi connectivity index (χ4n) is 2.17. The second kappa shape index (κ2) is 8.52. The number of fused-ring (bicyclic) bond motifs is 1. The van der Waals surface area contributed by atoms with Gasteiger partial charge in [-0.3, -0.25) is 4.79 Å². The lowest BCUT2D eigenvalue weighted by Crippen LogP contribution is -2.28. The van der Waals surface area contributed by atoms with Gasteiger partial charge in [-0.25, -0.2) is 0 Å². The number of para-hydroxylation sites is 1. The maximum atomic E-state index is 11.5. The van der Waals surface area contributed by atoms with Crippen molar-refractivity contribution in [3.05, 3.63) is 23.8 Å². The molecule has 116 valence electrons. The van der Waals surface area contributed by atoms with E-state index in [9.17, 15) is 4.79 Å². The van der Waals surface area contributed by atoms with Gasteiger partial charge in [0, 0.05) is 38.0 Å². The van der Waals surface area contributed by atoms with Crippen LogP contribution in [0.4, 0.5) is 0 Å². The molecule has 1 heterocycles. The monoisotopic (exact) mass is 292 g/mol. The first-order valence-corrected chi connectivity index (χ1v) is 7.66. The van der Waals surface area contributed by atoms with Crippen LogP contribution >= 0.6 is 0 Å². The van der Waals surface area contributed by atoms with Crippen molar-refractivity contribution in [2.75, 3.05) is 26.3 Å². The van der Waals surface area contributed by atoms with Gasteiger partial charge in [0.15, 0.2) is 11.5 Å². The van der Waals surface area contributed by atoms with Crippen molar-refractivity contribution >= 4 is 5.91 Å². The SMILES string of the molecule is CCCNC(=O)CCNCc1cccc2c1OCCCO2. The Bertz CT molecular complexity index is 463. The number of hydrogen-bond donors (Lipinski definition) is 2. The molecule has 21 heavy (non-hydrogen) atoms. The second-order valence-electron chi connectivity index (χ2n) is 5.07. The third kappa shape index (κ3) is 4.93. The van der Waals surface area contributed by atoms with E-state index in [0.29, 0.717) is 32.7 Å². The number of carbonyl (C=O) groups excluding carboxylic acids is 1. The van der Waals surface area contributed by atoms with Crippen molar-refractivity contribution in [2.45, 2.75) is 32.7 Å². The molecule has 0 aliphatic carbocycles. The second-order valence-corrected chi connectivity index (χ2v) is 5.07. The highest BCUT2D eigenvalue weighted by Gasteiger charge is 2.13. The molecule has 0 radical (unpaired) electrons. The summed E-state index contributed by atoms with van der Waals surface area (Å²) in [5, 5.41) is 6.15. The summed E-state index contributed by atoms with van der Waals surface area (Å²) in [5.74, 6) is 1.74. The van der Waals surface area contributed by atoms with E-state index >= 15 is 0 Å². The van der Waals surface area contributed by atoms with Gasteiger partial charge in [0.2, 0.25) is 5.91 Å². The van der Waals surface area contributed by atoms with E-state index in [1.165, 1.54) is 0 Å². The number of ether oxygens (including phenoxy) is 2. The molecule has 5 nitrogen and oxygen atoms in total. The van der Waals surface area contributed by atoms with Gasteiger partial charge >= 0.3 is 0 Å². The van der Waals surface area contributed by atoms with Gasteiger partial charge < -0.3 is 20.1 Å². The van der Waals surface area contributed by atoms with E-state index in [-0.39, 0.29) is 5.91 Å². The van der Waals surface area contributed by atoms with Crippen molar-refractivity contribution < 1.29 is 14.3 Å². The number of hydrogen-bond acceptors (Lipinski definition) is 4. The van der Waals surface area contributed by atoms with Crippen LogP contribution in [0.3, 0.4) is 0 Å². The van der Waals surface area contributed by atoms with Crippen LogP contribution < -0.4 is 20.1 Å². The molecule has 1 aliphatic rings. The van der Waals surface area contributed by atoms with Gasteiger partial charge in [0.05, 0.1) is 13.2 Å². The Labute approximate surface area is 126 Å². The molecule has 0 bridgehead atoms. The Kier molecular flexibility index (Phi) is 6.34. The first-order valence-electron chi connectivity index (χ1n) is 7.66. The lowest BCUT2D eigenvalue weighted by atomic mass is 10.2. The molecule has 1 amide bonds. The Morgan fingerprint density at radius 2 is 2.10 bits per heavy atom. The number of amides is 1. The largest absolute Gasteiger partial charge is 0.490 e. The highest BCUT2D eigenvalue weighted by atomic mass is 16.5. The number of nitrogens with one attached hydrogen (secondary N) is 2. The lowest BCUT2D eigenvalue weighted by Gasteiger charge is -2.13. The Hall–Kier alpha value is -1.75. The van der Waals surface area contributed by atoms with Crippen LogP contribution in [0.5, 0.6) is 11.5 Å². The first kappa shape index (κ1) is 15.6. The van der Waals surface area contributed by atoms with Gasteiger partial charge in [-0.15, -0.1) is 0 Å². The smallest absolute Gasteiger partial charge is 0.221 e. The Morgan fingerprint density at radius 1 is 1.24 bits per heavy atom. The molecule has 5 heteroatoms. The predicted octanol–water partition coefficient (Wildman–Crippen LogP) is 1.85. The van der Waals surface area contributed by atoms with Crippen molar-refractivity contribution in [3.8, 4) is 11.5 Å². The number of carbonyl (C=O) groups is 1. The Morgan fingerprint density at radius 3 is 2.95 bits per heavy atom. The molecular weight excluding hydrogens is 268 g/mol. The van der Waals surface area contributed by atoms with Crippen molar-refractivity contribution in [1.82, 2.24) is 10.6 Å². The molecule has 0 fully saturated rings. The molecule has 1 aromatic rings. The third-order valence-corrected chi connectivity index (χ3v) is 3.27. The van der Waals surface area contributed by atoms with Crippen molar-refractivity contribution in [3.63, 3.8) is 0 Å². The van der Waals surface area contributed by atoms with Crippen LogP contribution in [0.1, 0.15) is 31.7 Å². The molecule has 2 N–H and O–H groups in total. The van der Waals surface area contributed by atoms with Crippen LogP contribution in [0.2, 0.25) is 0 Å². The average molecular weight is 292 g/mol. The quantitative estimate of drug-likeness (QED) is 0.753. The summed E-state index contributed by atoms with van der Waals surface area (Å²) in [6.45, 7) is 5.50. The highest BCUT2D eigenvalue weighted by molar-refractivity contribution is 5.75. The zero-order valence-electron chi connectivity index (χ0n) is 12.6. The lowest BCUT2D eigenvalue weighted by molar-refractivity contribution is -0.120. The van der Waals surface area contributed by atoms with Gasteiger partial charge in [0.1, 0.15) is 0 Å². The minimum atomic E-state index is 0.0934. The molecular formula is C16H24N2O3. The maximum absolute atomic E-state index is 11.5. The van der Waals surface area contributed by atoms with Crippen LogP contribution in [0, 0.1) is 0 Å². The van der Waals surface area contributed by atoms with Crippen LogP contribution in [-0.2, 0) is 11.3 Å². The molecule has 0 saturated heterocycles. The molecule has 1 aliphatic heterocycles. The molecule has 0 saturated carbocycles. The topological polar surface area (TPSA) is 59.6 Å². The molecule has 1 aromatic carbocycles. The van der Waals surface area contributed by atoms with Gasteiger partial charge in [-0.2, -0.15) is 0 Å². The minimum Gasteiger partial charge on any atom is -0.490 e. The van der Waals surface area contributed by atoms with Crippen LogP contribution in [-0.4, -0.2) is 32.2 Å². The number of rotatable bonds is 7. The van der Waals surface area contributed by atoms with Gasteiger partial charge in [-0.05, 0) is 12.5 Å². The van der Waals surface area contributed by atoms with E-state index in [1.54, 1.807) is 0 Å². The fourth-order valence-corrected chi connectivity index (χ4v) is 2.17. The van der Waals surface area contributed by atoms with E-state index < -0.39 is 0 Å². The van der Waals surface area contributed by atoms with Crippen LogP contribution in [0.15, 0.2) is 18.2 Å². The maximum Gasteiger partial charge on any atom is 0.221 e. The van der Waals surface area contributed by atoms with Gasteiger partial charge in [0.25, 0.3) is 0 Å². The van der Waals surface area contributed by atoms with Gasteiger partial charge in [-0.1, -0.05) is 19.1 Å². The zero-order valence-corrected chi connectivity index (χ0v) is 12.6. The zero-order chi connectivity index (χ0) is 14.9. The molecule has 0 aromatic heterocycles. The van der Waals surface area contributed by atoms with Crippen molar-refractivity contribution in [2.24, 2.45) is 0 Å². The van der Waals surface area contributed by atoms with Crippen LogP contribution in [0.25, 0.3) is 0 Å². The summed E-state index contributed by atoms with van der Waals surface area (Å²) in [6.07, 6.45) is 2.36. The van der Waals surface area contributed by atoms with E-state index in [1.807, 2.05) is 25.1 Å². The summed E-state index contributed by atoms with van der Waals surface area (Å²) < 4.78 is 11.4. The summed E-state index contributed by atoms with van der Waals surface area (Å²) >= 11 is 0. The Balaban J connectivity index is 1.80. The normalized spacial score (nSPS) is 13.6. The molecule has 0 atom stereocenters.